The summed E-state index contributed by atoms with van der Waals surface area (Å²) in [5.41, 5.74) is 3.51. The summed E-state index contributed by atoms with van der Waals surface area (Å²) in [6.45, 7) is 12.1. The molecule has 3 aromatic carbocycles. The minimum Gasteiger partial charge on any atom is -0.508 e. The number of phenols is 1. The lowest BCUT2D eigenvalue weighted by Gasteiger charge is -2.46. The van der Waals surface area contributed by atoms with Crippen LogP contribution in [-0.4, -0.2) is 69.2 Å². The lowest BCUT2D eigenvalue weighted by Crippen LogP contribution is -2.63. The molecule has 8 nitrogen and oxygen atoms in total. The molecule has 2 atom stereocenters. The average Bonchev–Trinajstić information content (AvgIpc) is 3.05. The molecule has 3 aromatic rings. The van der Waals surface area contributed by atoms with Crippen LogP contribution >= 0.6 is 11.8 Å². The van der Waals surface area contributed by atoms with Crippen LogP contribution in [0.3, 0.4) is 0 Å². The van der Waals surface area contributed by atoms with Gasteiger partial charge in [0.05, 0.1) is 0 Å². The second-order valence-corrected chi connectivity index (χ2v) is 12.6. The van der Waals surface area contributed by atoms with Crippen LogP contribution in [0.4, 0.5) is 9.18 Å². The number of nitrogens with one attached hydrogen (secondary N) is 1. The highest BCUT2D eigenvalue weighted by Crippen LogP contribution is 2.26. The molecular weight excluding hydrogens is 603 g/mol. The van der Waals surface area contributed by atoms with Crippen LogP contribution in [-0.2, 0) is 28.3 Å². The number of carbonyl (C=O) groups excluding carboxylic acids is 3. The third-order valence-electron chi connectivity index (χ3n) is 7.84. The van der Waals surface area contributed by atoms with Crippen molar-refractivity contribution < 1.29 is 23.9 Å². The van der Waals surface area contributed by atoms with Gasteiger partial charge in [-0.15, -0.1) is 0 Å². The number of rotatable bonds is 13. The molecule has 1 heterocycles. The number of hydrazine groups is 1. The first kappa shape index (κ1) is 34.3. The van der Waals surface area contributed by atoms with E-state index in [4.69, 9.17) is 0 Å². The van der Waals surface area contributed by atoms with Gasteiger partial charge in [0.2, 0.25) is 5.91 Å². The van der Waals surface area contributed by atoms with Crippen molar-refractivity contribution in [2.24, 2.45) is 5.92 Å². The number of hydrogen-bond donors (Lipinski definition) is 2. The molecule has 242 valence electrons. The van der Waals surface area contributed by atoms with Gasteiger partial charge in [-0.2, -0.15) is 11.8 Å². The summed E-state index contributed by atoms with van der Waals surface area (Å²) >= 11 is 1.70. The fourth-order valence-electron chi connectivity index (χ4n) is 5.26. The zero-order valence-corrected chi connectivity index (χ0v) is 27.1. The number of urea groups is 1. The Morgan fingerprint density at radius 2 is 1.70 bits per heavy atom. The molecule has 0 radical (unpaired) electrons. The molecule has 0 unspecified atom stereocenters. The van der Waals surface area contributed by atoms with E-state index in [0.717, 1.165) is 11.3 Å². The second kappa shape index (κ2) is 16.1. The maximum Gasteiger partial charge on any atom is 0.337 e. The van der Waals surface area contributed by atoms with Crippen molar-refractivity contribution in [3.63, 3.8) is 0 Å². The standard InChI is InChI=1S/C36H41FN4O4S/c1-25(2)40-23-34(43)27(4)33(41(40)36(45)38-21-29-10-14-31(37)15-11-29)22-39(18-19-46-24-30-8-6-5-7-9-30)35(44)26(3)20-28-12-16-32(42)17-13-28/h5-17,26,33,42H,1,4,18-24H2,2-3H3,(H,38,45)/t26-,33-/m0/s1. The van der Waals surface area contributed by atoms with Crippen LogP contribution in [0.15, 0.2) is 103 Å². The van der Waals surface area contributed by atoms with Crippen LogP contribution in [0.25, 0.3) is 0 Å². The van der Waals surface area contributed by atoms with Crippen molar-refractivity contribution in [3.05, 3.63) is 126 Å². The summed E-state index contributed by atoms with van der Waals surface area (Å²) in [5, 5.41) is 15.5. The first-order valence-electron chi connectivity index (χ1n) is 15.2. The number of Topliss-reactive ketones (excluding diaryl/α,β-unsaturated/α-hetero) is 1. The molecule has 10 heteroatoms. The van der Waals surface area contributed by atoms with E-state index in [-0.39, 0.29) is 48.5 Å². The molecule has 3 amide bonds. The molecule has 2 N–H and O–H groups in total. The molecule has 1 aliphatic rings. The van der Waals surface area contributed by atoms with Crippen LogP contribution < -0.4 is 5.32 Å². The van der Waals surface area contributed by atoms with Gasteiger partial charge < -0.3 is 15.3 Å². The van der Waals surface area contributed by atoms with Crippen molar-refractivity contribution in [1.82, 2.24) is 20.2 Å². The quantitative estimate of drug-likeness (QED) is 0.177. The number of ketones is 1. The van der Waals surface area contributed by atoms with Crippen molar-refractivity contribution in [1.29, 1.82) is 0 Å². The Morgan fingerprint density at radius 3 is 2.35 bits per heavy atom. The van der Waals surface area contributed by atoms with Gasteiger partial charge in [-0.05, 0) is 54.3 Å². The van der Waals surface area contributed by atoms with Gasteiger partial charge in [0.25, 0.3) is 0 Å². The Labute approximate surface area is 274 Å². The number of aromatic hydroxyl groups is 1. The smallest absolute Gasteiger partial charge is 0.337 e. The van der Waals surface area contributed by atoms with Gasteiger partial charge >= 0.3 is 6.03 Å². The van der Waals surface area contributed by atoms with E-state index in [9.17, 15) is 23.9 Å². The third kappa shape index (κ3) is 9.23. The number of amides is 3. The summed E-state index contributed by atoms with van der Waals surface area (Å²) in [6, 6.07) is 21.3. The molecule has 4 rings (SSSR count). The first-order valence-corrected chi connectivity index (χ1v) is 16.3. The summed E-state index contributed by atoms with van der Waals surface area (Å²) in [7, 11) is 0. The Balaban J connectivity index is 1.56. The monoisotopic (exact) mass is 644 g/mol. The van der Waals surface area contributed by atoms with E-state index < -0.39 is 18.0 Å². The predicted octanol–water partition coefficient (Wildman–Crippen LogP) is 5.94. The van der Waals surface area contributed by atoms with Crippen molar-refractivity contribution in [2.45, 2.75) is 38.6 Å². The van der Waals surface area contributed by atoms with Gasteiger partial charge in [0, 0.05) is 48.3 Å². The van der Waals surface area contributed by atoms with Crippen molar-refractivity contribution in [2.75, 3.05) is 25.4 Å². The molecule has 0 aromatic heterocycles. The lowest BCUT2D eigenvalue weighted by atomic mass is 9.97. The lowest BCUT2D eigenvalue weighted by molar-refractivity contribution is -0.138. The maximum absolute atomic E-state index is 14.0. The largest absolute Gasteiger partial charge is 0.508 e. The number of halogens is 1. The van der Waals surface area contributed by atoms with Gasteiger partial charge in [-0.3, -0.25) is 14.6 Å². The number of hydrogen-bond acceptors (Lipinski definition) is 6. The summed E-state index contributed by atoms with van der Waals surface area (Å²) in [6.07, 6.45) is 0.455. The zero-order chi connectivity index (χ0) is 33.2. The van der Waals surface area contributed by atoms with Gasteiger partial charge in [-0.25, -0.2) is 14.2 Å². The number of phenolic OH excluding ortho intramolecular Hbond substituents is 1. The Morgan fingerprint density at radius 1 is 1.04 bits per heavy atom. The Hall–Kier alpha value is -4.57. The fourth-order valence-corrected chi connectivity index (χ4v) is 6.18. The number of benzene rings is 3. The minimum atomic E-state index is -0.838. The van der Waals surface area contributed by atoms with Gasteiger partial charge in [-0.1, -0.05) is 74.7 Å². The highest BCUT2D eigenvalue weighted by molar-refractivity contribution is 7.98. The van der Waals surface area contributed by atoms with Gasteiger partial charge in [0.1, 0.15) is 24.2 Å². The normalized spacial score (nSPS) is 15.4. The molecular formula is C36H41FN4O4S. The molecule has 1 aliphatic heterocycles. The van der Waals surface area contributed by atoms with E-state index in [1.54, 1.807) is 60.0 Å². The summed E-state index contributed by atoms with van der Waals surface area (Å²) in [4.78, 5) is 42.7. The van der Waals surface area contributed by atoms with Crippen molar-refractivity contribution in [3.8, 4) is 5.75 Å². The molecule has 1 saturated heterocycles. The minimum absolute atomic E-state index is 0.0585. The first-order chi connectivity index (χ1) is 22.0. The number of thioether (sulfide) groups is 1. The summed E-state index contributed by atoms with van der Waals surface area (Å²) in [5.74, 6) is 0.434. The van der Waals surface area contributed by atoms with Crippen LogP contribution in [0, 0.1) is 11.7 Å². The van der Waals surface area contributed by atoms with E-state index in [0.29, 0.717) is 30.0 Å². The van der Waals surface area contributed by atoms with Gasteiger partial charge in [0.15, 0.2) is 5.78 Å². The predicted molar refractivity (Wildman–Crippen MR) is 180 cm³/mol. The zero-order valence-electron chi connectivity index (χ0n) is 26.3. The SMILES string of the molecule is C=C1C(=O)CN(C(=C)C)N(C(=O)NCc2ccc(F)cc2)[C@H]1CN(CCSCc1ccccc1)C(=O)[C@@H](C)Cc1ccc(O)cc1. The van der Waals surface area contributed by atoms with E-state index >= 15 is 0 Å². The second-order valence-electron chi connectivity index (χ2n) is 11.5. The molecule has 0 aliphatic carbocycles. The number of nitrogens with zero attached hydrogens (tertiary/aromatic N) is 3. The fraction of sp³-hybridized carbons (Fsp3) is 0.306. The Kier molecular flexibility index (Phi) is 12.0. The molecule has 0 saturated carbocycles. The van der Waals surface area contributed by atoms with E-state index in [1.807, 2.05) is 25.1 Å². The number of carbonyl (C=O) groups is 3. The summed E-state index contributed by atoms with van der Waals surface area (Å²) < 4.78 is 13.4. The highest BCUT2D eigenvalue weighted by atomic mass is 32.2. The van der Waals surface area contributed by atoms with Crippen LogP contribution in [0.1, 0.15) is 30.5 Å². The van der Waals surface area contributed by atoms with Crippen LogP contribution in [0.5, 0.6) is 5.75 Å². The molecule has 0 bridgehead atoms. The number of allylic oxidation sites excluding steroid dienone is 1. The molecule has 1 fully saturated rings. The van der Waals surface area contributed by atoms with Crippen molar-refractivity contribution >= 4 is 29.5 Å². The molecule has 0 spiro atoms. The van der Waals surface area contributed by atoms with E-state index in [1.165, 1.54) is 27.7 Å². The highest BCUT2D eigenvalue weighted by Gasteiger charge is 2.41. The average molecular weight is 645 g/mol. The Bertz CT molecular complexity index is 1530. The van der Waals surface area contributed by atoms with E-state index in [2.05, 4.69) is 30.6 Å². The van der Waals surface area contributed by atoms with Crippen LogP contribution in [0.2, 0.25) is 0 Å². The topological polar surface area (TPSA) is 93.2 Å². The maximum atomic E-state index is 14.0. The third-order valence-corrected chi connectivity index (χ3v) is 8.85. The molecule has 46 heavy (non-hydrogen) atoms.